The van der Waals surface area contributed by atoms with Crippen molar-refractivity contribution in [2.24, 2.45) is 0 Å². The zero-order chi connectivity index (χ0) is 12.9. The van der Waals surface area contributed by atoms with Crippen molar-refractivity contribution in [3.05, 3.63) is 40.6 Å². The van der Waals surface area contributed by atoms with E-state index in [0.717, 1.165) is 23.0 Å². The quantitative estimate of drug-likeness (QED) is 0.662. The van der Waals surface area contributed by atoms with Crippen LogP contribution in [0.3, 0.4) is 0 Å². The maximum atomic E-state index is 12.6. The maximum Gasteiger partial charge on any atom is 0.416 e. The molecule has 0 aliphatic heterocycles. The largest absolute Gasteiger partial charge is 0.416 e. The van der Waals surface area contributed by atoms with E-state index in [9.17, 15) is 18.0 Å². The number of fused-ring (bicyclic) bond motifs is 3. The van der Waals surface area contributed by atoms with E-state index in [2.05, 4.69) is 15.1 Å². The first-order valence-corrected chi connectivity index (χ1v) is 4.90. The van der Waals surface area contributed by atoms with E-state index >= 15 is 0 Å². The monoisotopic (exact) mass is 254 g/mol. The van der Waals surface area contributed by atoms with E-state index in [-0.39, 0.29) is 16.6 Å². The zero-order valence-corrected chi connectivity index (χ0v) is 8.69. The van der Waals surface area contributed by atoms with Crippen LogP contribution in [0.25, 0.3) is 16.6 Å². The Bertz CT molecular complexity index is 802. The van der Waals surface area contributed by atoms with Gasteiger partial charge in [0, 0.05) is 5.39 Å². The van der Waals surface area contributed by atoms with Gasteiger partial charge in [0.05, 0.1) is 11.1 Å². The molecule has 0 aliphatic rings. The number of nitrogens with zero attached hydrogens (tertiary/aromatic N) is 3. The van der Waals surface area contributed by atoms with Crippen LogP contribution in [0.1, 0.15) is 5.56 Å². The van der Waals surface area contributed by atoms with Gasteiger partial charge >= 0.3 is 11.9 Å². The molecule has 0 aliphatic carbocycles. The number of rotatable bonds is 0. The summed E-state index contributed by atoms with van der Waals surface area (Å²) in [6.45, 7) is 0. The number of alkyl halides is 3. The number of benzene rings is 1. The molecule has 5 nitrogen and oxygen atoms in total. The number of hydrogen-bond donors (Lipinski definition) is 1. The highest BCUT2D eigenvalue weighted by Crippen LogP contribution is 2.31. The van der Waals surface area contributed by atoms with Gasteiger partial charge in [-0.3, -0.25) is 0 Å². The third kappa shape index (κ3) is 1.45. The van der Waals surface area contributed by atoms with Gasteiger partial charge in [-0.15, -0.1) is 0 Å². The van der Waals surface area contributed by atoms with Crippen molar-refractivity contribution >= 4 is 16.6 Å². The van der Waals surface area contributed by atoms with Crippen molar-refractivity contribution in [3.63, 3.8) is 0 Å². The Balaban J connectivity index is 2.46. The van der Waals surface area contributed by atoms with Gasteiger partial charge < -0.3 is 4.98 Å². The molecule has 8 heteroatoms. The van der Waals surface area contributed by atoms with E-state index in [0.29, 0.717) is 0 Å². The molecule has 3 rings (SSSR count). The van der Waals surface area contributed by atoms with Crippen molar-refractivity contribution in [1.82, 2.24) is 19.6 Å². The minimum absolute atomic E-state index is 0.0971. The lowest BCUT2D eigenvalue weighted by Gasteiger charge is -2.07. The average Bonchev–Trinajstić information content (AvgIpc) is 2.77. The molecule has 92 valence electrons. The average molecular weight is 254 g/mol. The van der Waals surface area contributed by atoms with Gasteiger partial charge in [-0.1, -0.05) is 0 Å². The Morgan fingerprint density at radius 1 is 1.28 bits per heavy atom. The van der Waals surface area contributed by atoms with Crippen LogP contribution >= 0.6 is 0 Å². The Morgan fingerprint density at radius 3 is 2.78 bits per heavy atom. The molecule has 0 bridgehead atoms. The van der Waals surface area contributed by atoms with Crippen molar-refractivity contribution in [1.29, 1.82) is 0 Å². The Hall–Kier alpha value is -2.38. The molecule has 0 saturated heterocycles. The van der Waals surface area contributed by atoms with Gasteiger partial charge in [-0.2, -0.15) is 22.8 Å². The van der Waals surface area contributed by atoms with Gasteiger partial charge in [0.15, 0.2) is 5.65 Å². The molecule has 2 aromatic heterocycles. The van der Waals surface area contributed by atoms with Crippen LogP contribution in [0.15, 0.2) is 29.3 Å². The smallest absolute Gasteiger partial charge is 0.305 e. The topological polar surface area (TPSA) is 63.0 Å². The van der Waals surface area contributed by atoms with Crippen molar-refractivity contribution in [2.45, 2.75) is 6.18 Å². The van der Waals surface area contributed by atoms with Crippen LogP contribution in [-0.2, 0) is 6.18 Å². The van der Waals surface area contributed by atoms with E-state index in [1.54, 1.807) is 0 Å². The summed E-state index contributed by atoms with van der Waals surface area (Å²) < 4.78 is 38.7. The summed E-state index contributed by atoms with van der Waals surface area (Å²) in [6.07, 6.45) is -3.33. The molecular weight excluding hydrogens is 249 g/mol. The minimum Gasteiger partial charge on any atom is -0.305 e. The van der Waals surface area contributed by atoms with Crippen LogP contribution in [-0.4, -0.2) is 19.6 Å². The number of hydrogen-bond acceptors (Lipinski definition) is 3. The third-order valence-electron chi connectivity index (χ3n) is 2.57. The molecule has 0 atom stereocenters. The number of aromatic nitrogens is 4. The number of H-pyrrole nitrogens is 1. The van der Waals surface area contributed by atoms with Crippen molar-refractivity contribution in [3.8, 4) is 0 Å². The fourth-order valence-corrected chi connectivity index (χ4v) is 1.76. The van der Waals surface area contributed by atoms with Gasteiger partial charge in [0.25, 0.3) is 0 Å². The normalized spacial score (nSPS) is 12.4. The van der Waals surface area contributed by atoms with Crippen molar-refractivity contribution < 1.29 is 13.2 Å². The summed E-state index contributed by atoms with van der Waals surface area (Å²) in [5.74, 6) is 0. The molecule has 0 radical (unpaired) electrons. The van der Waals surface area contributed by atoms with Crippen LogP contribution in [0, 0.1) is 0 Å². The van der Waals surface area contributed by atoms with Crippen LogP contribution in [0.2, 0.25) is 0 Å². The summed E-state index contributed by atoms with van der Waals surface area (Å²) in [6, 6.07) is 3.05. The number of nitrogens with one attached hydrogen (secondary N) is 1. The van der Waals surface area contributed by atoms with Crippen LogP contribution < -0.4 is 5.69 Å². The molecule has 1 aromatic carbocycles. The third-order valence-corrected chi connectivity index (χ3v) is 2.57. The summed E-state index contributed by atoms with van der Waals surface area (Å²) in [7, 11) is 0. The second-order valence-electron chi connectivity index (χ2n) is 3.68. The summed E-state index contributed by atoms with van der Waals surface area (Å²) in [4.78, 5) is 17.7. The zero-order valence-electron chi connectivity index (χ0n) is 8.69. The lowest BCUT2D eigenvalue weighted by Crippen LogP contribution is -2.17. The highest BCUT2D eigenvalue weighted by atomic mass is 19.4. The summed E-state index contributed by atoms with van der Waals surface area (Å²) in [5, 5.41) is 3.84. The molecule has 2 heterocycles. The number of halogens is 3. The lowest BCUT2D eigenvalue weighted by atomic mass is 10.1. The predicted octanol–water partition coefficient (Wildman–Crippen LogP) is 1.59. The fraction of sp³-hybridized carbons (Fsp3) is 0.100. The standard InChI is InChI=1S/C10H5F3N4O/c11-10(12,13)5-1-2-7-6(3-5)8-14-4-15-17(8)9(18)16-7/h1-4H,(H,16,18). The first-order chi connectivity index (χ1) is 8.47. The van der Waals surface area contributed by atoms with E-state index in [1.165, 1.54) is 6.07 Å². The molecule has 3 aromatic rings. The highest BCUT2D eigenvalue weighted by Gasteiger charge is 2.30. The van der Waals surface area contributed by atoms with Gasteiger partial charge in [-0.25, -0.2) is 9.78 Å². The fourth-order valence-electron chi connectivity index (χ4n) is 1.76. The minimum atomic E-state index is -4.44. The predicted molar refractivity (Wildman–Crippen MR) is 56.1 cm³/mol. The van der Waals surface area contributed by atoms with Crippen LogP contribution in [0.4, 0.5) is 13.2 Å². The summed E-state index contributed by atoms with van der Waals surface area (Å²) >= 11 is 0. The molecule has 0 unspecified atom stereocenters. The van der Waals surface area contributed by atoms with Gasteiger partial charge in [0.2, 0.25) is 0 Å². The molecule has 0 spiro atoms. The molecule has 0 fully saturated rings. The molecule has 0 saturated carbocycles. The molecular formula is C10H5F3N4O. The Morgan fingerprint density at radius 2 is 2.06 bits per heavy atom. The van der Waals surface area contributed by atoms with Crippen LogP contribution in [0.5, 0.6) is 0 Å². The van der Waals surface area contributed by atoms with Gasteiger partial charge in [-0.05, 0) is 18.2 Å². The first kappa shape index (κ1) is 10.8. The summed E-state index contributed by atoms with van der Waals surface area (Å²) in [5.41, 5.74) is -0.963. The Kier molecular flexibility index (Phi) is 1.98. The Labute approximate surface area is 96.9 Å². The van der Waals surface area contributed by atoms with E-state index in [4.69, 9.17) is 0 Å². The maximum absolute atomic E-state index is 12.6. The second-order valence-corrected chi connectivity index (χ2v) is 3.68. The SMILES string of the molecule is O=c1[nH]c2ccc(C(F)(F)F)cc2c2ncnn12. The van der Waals surface area contributed by atoms with Crippen molar-refractivity contribution in [2.75, 3.05) is 0 Å². The molecule has 1 N–H and O–H groups in total. The van der Waals surface area contributed by atoms with E-state index < -0.39 is 17.4 Å². The van der Waals surface area contributed by atoms with E-state index in [1.807, 2.05) is 0 Å². The first-order valence-electron chi connectivity index (χ1n) is 4.90. The molecule has 18 heavy (non-hydrogen) atoms. The molecule has 0 amide bonds. The number of aromatic amines is 1. The highest BCUT2D eigenvalue weighted by molar-refractivity contribution is 5.91. The lowest BCUT2D eigenvalue weighted by molar-refractivity contribution is -0.137. The van der Waals surface area contributed by atoms with Gasteiger partial charge in [0.1, 0.15) is 6.33 Å². The second kappa shape index (κ2) is 3.31.